The smallest absolute Gasteiger partial charge is 0.119 e. The van der Waals surface area contributed by atoms with E-state index < -0.39 is 12.1 Å². The summed E-state index contributed by atoms with van der Waals surface area (Å²) in [6.07, 6.45) is 14.7. The van der Waals surface area contributed by atoms with E-state index in [0.29, 0.717) is 6.54 Å². The lowest BCUT2D eigenvalue weighted by Crippen LogP contribution is -2.51. The van der Waals surface area contributed by atoms with Crippen LogP contribution in [0.5, 0.6) is 0 Å². The summed E-state index contributed by atoms with van der Waals surface area (Å²) in [6.45, 7) is 2.68. The molecule has 1 atom stereocenters. The number of carboxylic acids is 1. The Morgan fingerprint density at radius 3 is 1.78 bits per heavy atom. The van der Waals surface area contributed by atoms with Gasteiger partial charge in [0.15, 0.2) is 0 Å². The van der Waals surface area contributed by atoms with Crippen molar-refractivity contribution < 1.29 is 19.5 Å². The number of carbonyl (C=O) groups excluding carboxylic acids is 1. The van der Waals surface area contributed by atoms with Crippen molar-refractivity contribution in [3.8, 4) is 0 Å². The van der Waals surface area contributed by atoms with Crippen LogP contribution in [0.25, 0.3) is 0 Å². The molecule has 0 spiro atoms. The molecule has 0 aromatic rings. The van der Waals surface area contributed by atoms with Gasteiger partial charge in [-0.25, -0.2) is 0 Å². The number of quaternary nitrogens is 1. The third-order valence-corrected chi connectivity index (χ3v) is 4.40. The fraction of sp³-hybridized carbons (Fsp3) is 0.947. The number of aliphatic hydroxyl groups excluding tert-OH is 1. The summed E-state index contributed by atoms with van der Waals surface area (Å²) in [4.78, 5) is 10.6. The number of hydrogen-bond donors (Lipinski definition) is 1. The van der Waals surface area contributed by atoms with E-state index in [9.17, 15) is 15.0 Å². The average molecular weight is 330 g/mol. The van der Waals surface area contributed by atoms with Crippen molar-refractivity contribution >= 4 is 5.97 Å². The van der Waals surface area contributed by atoms with Gasteiger partial charge < -0.3 is 19.5 Å². The van der Waals surface area contributed by atoms with Crippen LogP contribution in [0.4, 0.5) is 0 Å². The maximum atomic E-state index is 10.6. The van der Waals surface area contributed by atoms with Crippen molar-refractivity contribution in [2.24, 2.45) is 0 Å². The lowest BCUT2D eigenvalue weighted by Gasteiger charge is -2.32. The lowest BCUT2D eigenvalue weighted by molar-refractivity contribution is -0.887. The molecule has 138 valence electrons. The fourth-order valence-corrected chi connectivity index (χ4v) is 3.12. The monoisotopic (exact) mass is 329 g/mol. The van der Waals surface area contributed by atoms with Crippen LogP contribution in [0.3, 0.4) is 0 Å². The van der Waals surface area contributed by atoms with Crippen LogP contribution in [-0.2, 0) is 4.79 Å². The van der Waals surface area contributed by atoms with Gasteiger partial charge in [-0.1, -0.05) is 77.6 Å². The van der Waals surface area contributed by atoms with Crippen LogP contribution >= 0.6 is 0 Å². The molecule has 0 bridgehead atoms. The first-order valence-corrected chi connectivity index (χ1v) is 9.57. The Morgan fingerprint density at radius 1 is 0.913 bits per heavy atom. The van der Waals surface area contributed by atoms with E-state index in [4.69, 9.17) is 0 Å². The van der Waals surface area contributed by atoms with E-state index >= 15 is 0 Å². The SMILES string of the molecule is CCCCCCCCCCCCCC(O)C[N+](C)(C)CC(=O)[O-]. The number of nitrogens with zero attached hydrogens (tertiary/aromatic N) is 1. The number of hydrogen-bond acceptors (Lipinski definition) is 3. The van der Waals surface area contributed by atoms with Gasteiger partial charge in [0.05, 0.1) is 20.1 Å². The average Bonchev–Trinajstić information content (AvgIpc) is 2.42. The van der Waals surface area contributed by atoms with Crippen LogP contribution < -0.4 is 5.11 Å². The van der Waals surface area contributed by atoms with Crippen molar-refractivity contribution in [3.63, 3.8) is 0 Å². The predicted octanol–water partition coefficient (Wildman–Crippen LogP) is 2.87. The molecule has 0 aromatic heterocycles. The highest BCUT2D eigenvalue weighted by Gasteiger charge is 2.20. The summed E-state index contributed by atoms with van der Waals surface area (Å²) in [7, 11) is 3.64. The summed E-state index contributed by atoms with van der Waals surface area (Å²) in [5.74, 6) is -1.06. The summed E-state index contributed by atoms with van der Waals surface area (Å²) in [5, 5.41) is 20.7. The normalized spacial score (nSPS) is 13.2. The minimum atomic E-state index is -1.06. The third-order valence-electron chi connectivity index (χ3n) is 4.40. The molecule has 0 amide bonds. The van der Waals surface area contributed by atoms with E-state index in [1.807, 2.05) is 14.1 Å². The Hall–Kier alpha value is -0.610. The van der Waals surface area contributed by atoms with Crippen LogP contribution in [0, 0.1) is 0 Å². The second-order valence-electron chi connectivity index (χ2n) is 7.63. The molecule has 0 aromatic carbocycles. The number of rotatable bonds is 16. The Labute approximate surface area is 143 Å². The van der Waals surface area contributed by atoms with E-state index in [1.165, 1.54) is 64.2 Å². The largest absolute Gasteiger partial charge is 0.544 e. The van der Waals surface area contributed by atoms with Gasteiger partial charge >= 0.3 is 0 Å². The Balaban J connectivity index is 3.42. The van der Waals surface area contributed by atoms with E-state index in [2.05, 4.69) is 6.92 Å². The molecule has 0 radical (unpaired) electrons. The number of carbonyl (C=O) groups is 1. The van der Waals surface area contributed by atoms with Crippen molar-refractivity contribution in [1.29, 1.82) is 0 Å². The van der Waals surface area contributed by atoms with E-state index in [0.717, 1.165) is 12.8 Å². The van der Waals surface area contributed by atoms with Gasteiger partial charge in [0.1, 0.15) is 19.2 Å². The minimum absolute atomic E-state index is 0.0463. The standard InChI is InChI=1S/C19H39NO3/c1-4-5-6-7-8-9-10-11-12-13-14-15-18(21)16-20(2,3)17-19(22)23/h18,21H,4-17H2,1-3H3. The fourth-order valence-electron chi connectivity index (χ4n) is 3.12. The van der Waals surface area contributed by atoms with Crippen molar-refractivity contribution in [3.05, 3.63) is 0 Å². The molecule has 0 saturated heterocycles. The van der Waals surface area contributed by atoms with Gasteiger partial charge in [-0.2, -0.15) is 0 Å². The quantitative estimate of drug-likeness (QED) is 0.350. The predicted molar refractivity (Wildman–Crippen MR) is 93.9 cm³/mol. The zero-order valence-electron chi connectivity index (χ0n) is 15.7. The Bertz CT molecular complexity index is 292. The molecule has 0 aliphatic heterocycles. The highest BCUT2D eigenvalue weighted by molar-refractivity contribution is 5.65. The zero-order valence-corrected chi connectivity index (χ0v) is 15.7. The van der Waals surface area contributed by atoms with Gasteiger partial charge in [-0.15, -0.1) is 0 Å². The Morgan fingerprint density at radius 2 is 1.35 bits per heavy atom. The molecule has 0 saturated carbocycles. The zero-order chi connectivity index (χ0) is 17.6. The van der Waals surface area contributed by atoms with Gasteiger partial charge in [0.25, 0.3) is 0 Å². The van der Waals surface area contributed by atoms with Crippen molar-refractivity contribution in [1.82, 2.24) is 0 Å². The molecule has 0 heterocycles. The minimum Gasteiger partial charge on any atom is -0.544 e. The topological polar surface area (TPSA) is 60.4 Å². The van der Waals surface area contributed by atoms with E-state index in [1.54, 1.807) is 0 Å². The maximum Gasteiger partial charge on any atom is 0.119 e. The first kappa shape index (κ1) is 22.4. The van der Waals surface area contributed by atoms with Gasteiger partial charge in [-0.3, -0.25) is 0 Å². The molecule has 0 rings (SSSR count). The van der Waals surface area contributed by atoms with Gasteiger partial charge in [0, 0.05) is 0 Å². The molecule has 0 aliphatic rings. The van der Waals surface area contributed by atoms with Crippen LogP contribution in [-0.4, -0.2) is 48.8 Å². The second kappa shape index (κ2) is 13.8. The molecule has 4 heteroatoms. The Kier molecular flexibility index (Phi) is 13.4. The molecule has 23 heavy (non-hydrogen) atoms. The van der Waals surface area contributed by atoms with Crippen LogP contribution in [0.2, 0.25) is 0 Å². The van der Waals surface area contributed by atoms with Gasteiger partial charge in [0.2, 0.25) is 0 Å². The molecule has 1 N–H and O–H groups in total. The summed E-state index contributed by atoms with van der Waals surface area (Å²) in [5.41, 5.74) is 0. The molecule has 4 nitrogen and oxygen atoms in total. The highest BCUT2D eigenvalue weighted by Crippen LogP contribution is 2.13. The summed E-state index contributed by atoms with van der Waals surface area (Å²) >= 11 is 0. The third kappa shape index (κ3) is 16.0. The molecule has 0 aliphatic carbocycles. The molecular weight excluding hydrogens is 290 g/mol. The number of aliphatic carboxylic acids is 1. The first-order chi connectivity index (χ1) is 10.9. The summed E-state index contributed by atoms with van der Waals surface area (Å²) in [6, 6.07) is 0. The van der Waals surface area contributed by atoms with Crippen LogP contribution in [0.15, 0.2) is 0 Å². The van der Waals surface area contributed by atoms with E-state index in [-0.39, 0.29) is 11.0 Å². The number of unbranched alkanes of at least 4 members (excludes halogenated alkanes) is 10. The maximum absolute atomic E-state index is 10.6. The molecule has 0 fully saturated rings. The first-order valence-electron chi connectivity index (χ1n) is 9.57. The lowest BCUT2D eigenvalue weighted by atomic mass is 10.0. The molecular formula is C19H39NO3. The van der Waals surface area contributed by atoms with Crippen molar-refractivity contribution in [2.75, 3.05) is 27.2 Å². The summed E-state index contributed by atoms with van der Waals surface area (Å²) < 4.78 is 0.279. The molecule has 1 unspecified atom stereocenters. The number of likely N-dealkylation sites (N-methyl/N-ethyl adjacent to an activating group) is 1. The van der Waals surface area contributed by atoms with Gasteiger partial charge in [-0.05, 0) is 6.42 Å². The highest BCUT2D eigenvalue weighted by atomic mass is 16.4. The van der Waals surface area contributed by atoms with Crippen LogP contribution in [0.1, 0.15) is 84.0 Å². The number of aliphatic hydroxyl groups is 1. The number of carboxylic acid groups (broad SMARTS) is 1. The van der Waals surface area contributed by atoms with Crippen molar-refractivity contribution in [2.45, 2.75) is 90.1 Å². The second-order valence-corrected chi connectivity index (χ2v) is 7.63.